The van der Waals surface area contributed by atoms with Gasteiger partial charge in [-0.25, -0.2) is 4.79 Å². The molecule has 18 heavy (non-hydrogen) atoms. The smallest absolute Gasteiger partial charge is 0.371 e. The van der Waals surface area contributed by atoms with E-state index >= 15 is 0 Å². The Morgan fingerprint density at radius 2 is 2.17 bits per heavy atom. The summed E-state index contributed by atoms with van der Waals surface area (Å²) in [7, 11) is 0. The first-order chi connectivity index (χ1) is 8.70. The Hall–Kier alpha value is -1.53. The zero-order valence-electron chi connectivity index (χ0n) is 10.0. The number of aromatic carboxylic acids is 1. The minimum absolute atomic E-state index is 0.0383. The molecule has 1 aliphatic rings. The van der Waals surface area contributed by atoms with Gasteiger partial charge in [0.2, 0.25) is 5.76 Å². The maximum atomic E-state index is 10.7. The molecule has 1 aromatic rings. The van der Waals surface area contributed by atoms with Crippen molar-refractivity contribution < 1.29 is 24.2 Å². The average Bonchev–Trinajstić information content (AvgIpc) is 2.87. The van der Waals surface area contributed by atoms with Crippen molar-refractivity contribution in [2.75, 3.05) is 31.2 Å². The maximum Gasteiger partial charge on any atom is 0.371 e. The van der Waals surface area contributed by atoms with Gasteiger partial charge in [-0.1, -0.05) is 0 Å². The van der Waals surface area contributed by atoms with Gasteiger partial charge in [-0.15, -0.1) is 0 Å². The topological polar surface area (TPSA) is 83.1 Å². The number of carbonyl (C=O) groups is 1. The van der Waals surface area contributed by atoms with Gasteiger partial charge in [0.15, 0.2) is 5.88 Å². The summed E-state index contributed by atoms with van der Waals surface area (Å²) in [6, 6.07) is 3.14. The van der Waals surface area contributed by atoms with Gasteiger partial charge >= 0.3 is 5.97 Å². The molecule has 2 heterocycles. The van der Waals surface area contributed by atoms with E-state index < -0.39 is 5.97 Å². The predicted molar refractivity (Wildman–Crippen MR) is 63.9 cm³/mol. The van der Waals surface area contributed by atoms with Gasteiger partial charge < -0.3 is 24.3 Å². The predicted octanol–water partition coefficient (Wildman–Crippen LogP) is 0.956. The lowest BCUT2D eigenvalue weighted by molar-refractivity contribution is 0.0155. The van der Waals surface area contributed by atoms with Crippen LogP contribution >= 0.6 is 0 Å². The molecule has 2 N–H and O–H groups in total. The molecule has 0 unspecified atom stereocenters. The Bertz CT molecular complexity index is 395. The Labute approximate surface area is 105 Å². The molecule has 1 fully saturated rings. The van der Waals surface area contributed by atoms with Crippen LogP contribution in [0.1, 0.15) is 23.4 Å². The molecule has 0 spiro atoms. The van der Waals surface area contributed by atoms with Crippen molar-refractivity contribution in [2.45, 2.75) is 18.9 Å². The molecule has 6 nitrogen and oxygen atoms in total. The van der Waals surface area contributed by atoms with Crippen molar-refractivity contribution in [3.63, 3.8) is 0 Å². The number of hydrogen-bond acceptors (Lipinski definition) is 5. The van der Waals surface area contributed by atoms with E-state index in [1.165, 1.54) is 6.07 Å². The molecule has 0 bridgehead atoms. The Balaban J connectivity index is 1.86. The molecule has 0 radical (unpaired) electrons. The number of nitrogens with zero attached hydrogens (tertiary/aromatic N) is 1. The third kappa shape index (κ3) is 3.02. The lowest BCUT2D eigenvalue weighted by atomic mass is 10.1. The molecular formula is C12H17NO5. The molecule has 6 heteroatoms. The largest absolute Gasteiger partial charge is 0.475 e. The van der Waals surface area contributed by atoms with E-state index in [4.69, 9.17) is 19.4 Å². The highest BCUT2D eigenvalue weighted by molar-refractivity contribution is 5.84. The second-order valence-electron chi connectivity index (χ2n) is 4.22. The molecular weight excluding hydrogens is 238 g/mol. The number of rotatable bonds is 5. The van der Waals surface area contributed by atoms with Gasteiger partial charge in [0.05, 0.1) is 19.3 Å². The summed E-state index contributed by atoms with van der Waals surface area (Å²) in [4.78, 5) is 12.7. The van der Waals surface area contributed by atoms with E-state index in [-0.39, 0.29) is 18.5 Å². The molecule has 0 aromatic carbocycles. The Kier molecular flexibility index (Phi) is 4.22. The number of ether oxygens (including phenoxy) is 1. The lowest BCUT2D eigenvalue weighted by Gasteiger charge is -2.31. The summed E-state index contributed by atoms with van der Waals surface area (Å²) >= 11 is 0. The fourth-order valence-corrected chi connectivity index (χ4v) is 2.07. The van der Waals surface area contributed by atoms with E-state index in [9.17, 15) is 4.79 Å². The summed E-state index contributed by atoms with van der Waals surface area (Å²) in [5.41, 5.74) is 0. The molecule has 1 saturated heterocycles. The number of carboxylic acids is 1. The van der Waals surface area contributed by atoms with E-state index in [0.29, 0.717) is 12.5 Å². The molecule has 0 atom stereocenters. The zero-order chi connectivity index (χ0) is 13.0. The summed E-state index contributed by atoms with van der Waals surface area (Å²) < 4.78 is 10.7. The minimum Gasteiger partial charge on any atom is -0.475 e. The normalized spacial score (nSPS) is 17.1. The van der Waals surface area contributed by atoms with Crippen LogP contribution < -0.4 is 4.90 Å². The van der Waals surface area contributed by atoms with E-state index in [1.54, 1.807) is 6.07 Å². The van der Waals surface area contributed by atoms with Gasteiger partial charge in [-0.05, 0) is 18.9 Å². The molecule has 1 aromatic heterocycles. The minimum atomic E-state index is -1.05. The monoisotopic (exact) mass is 255 g/mol. The van der Waals surface area contributed by atoms with Gasteiger partial charge in [-0.2, -0.15) is 0 Å². The molecule has 1 aliphatic heterocycles. The zero-order valence-corrected chi connectivity index (χ0v) is 10.0. The highest BCUT2D eigenvalue weighted by Crippen LogP contribution is 2.23. The fraction of sp³-hybridized carbons (Fsp3) is 0.583. The van der Waals surface area contributed by atoms with Crippen LogP contribution in [0.2, 0.25) is 0 Å². The van der Waals surface area contributed by atoms with Crippen LogP contribution in [0.15, 0.2) is 16.5 Å². The number of aliphatic hydroxyl groups excluding tert-OH is 1. The van der Waals surface area contributed by atoms with Crippen LogP contribution in [0.3, 0.4) is 0 Å². The maximum absolute atomic E-state index is 10.7. The van der Waals surface area contributed by atoms with Gasteiger partial charge in [0, 0.05) is 19.2 Å². The van der Waals surface area contributed by atoms with Crippen molar-refractivity contribution in [3.8, 4) is 0 Å². The number of aliphatic hydroxyl groups is 1. The highest BCUT2D eigenvalue weighted by Gasteiger charge is 2.22. The van der Waals surface area contributed by atoms with Crippen molar-refractivity contribution >= 4 is 11.9 Å². The van der Waals surface area contributed by atoms with Crippen LogP contribution in [-0.2, 0) is 4.74 Å². The number of furan rings is 1. The number of carboxylic acid groups (broad SMARTS) is 1. The van der Waals surface area contributed by atoms with Gasteiger partial charge in [0.1, 0.15) is 0 Å². The molecule has 0 aliphatic carbocycles. The van der Waals surface area contributed by atoms with Crippen LogP contribution in [0.5, 0.6) is 0 Å². The molecule has 100 valence electrons. The number of anilines is 1. The molecule has 0 saturated carbocycles. The van der Waals surface area contributed by atoms with Crippen molar-refractivity contribution in [2.24, 2.45) is 0 Å². The van der Waals surface area contributed by atoms with E-state index in [2.05, 4.69) is 0 Å². The summed E-state index contributed by atoms with van der Waals surface area (Å²) in [5, 5.41) is 17.5. The number of piperidine rings is 1. The molecule has 2 rings (SSSR count). The highest BCUT2D eigenvalue weighted by atomic mass is 16.5. The van der Waals surface area contributed by atoms with Crippen LogP contribution in [-0.4, -0.2) is 48.6 Å². The van der Waals surface area contributed by atoms with E-state index in [0.717, 1.165) is 25.9 Å². The van der Waals surface area contributed by atoms with E-state index in [1.807, 2.05) is 4.90 Å². The van der Waals surface area contributed by atoms with Crippen molar-refractivity contribution in [3.05, 3.63) is 17.9 Å². The summed E-state index contributed by atoms with van der Waals surface area (Å²) in [6.07, 6.45) is 1.87. The first-order valence-corrected chi connectivity index (χ1v) is 6.01. The molecule has 0 amide bonds. The second kappa shape index (κ2) is 5.88. The van der Waals surface area contributed by atoms with Crippen LogP contribution in [0, 0.1) is 0 Å². The Morgan fingerprint density at radius 3 is 2.72 bits per heavy atom. The lowest BCUT2D eigenvalue weighted by Crippen LogP contribution is -2.37. The average molecular weight is 255 g/mol. The van der Waals surface area contributed by atoms with Crippen LogP contribution in [0.25, 0.3) is 0 Å². The first-order valence-electron chi connectivity index (χ1n) is 6.01. The summed E-state index contributed by atoms with van der Waals surface area (Å²) in [6.45, 7) is 1.94. The first kappa shape index (κ1) is 12.9. The number of hydrogen-bond donors (Lipinski definition) is 2. The standard InChI is InChI=1S/C12H17NO5/c14-7-8-17-9-3-5-13(6-4-9)11-2-1-10(18-11)12(15)16/h1-2,9,14H,3-8H2,(H,15,16). The SMILES string of the molecule is O=C(O)c1ccc(N2CCC(OCCO)CC2)o1. The Morgan fingerprint density at radius 1 is 1.44 bits per heavy atom. The third-order valence-corrected chi connectivity index (χ3v) is 3.00. The third-order valence-electron chi connectivity index (χ3n) is 3.00. The quantitative estimate of drug-likeness (QED) is 0.815. The second-order valence-corrected chi connectivity index (χ2v) is 4.22. The van der Waals surface area contributed by atoms with Crippen molar-refractivity contribution in [1.29, 1.82) is 0 Å². The van der Waals surface area contributed by atoms with Crippen molar-refractivity contribution in [1.82, 2.24) is 0 Å². The van der Waals surface area contributed by atoms with Gasteiger partial charge in [-0.3, -0.25) is 0 Å². The van der Waals surface area contributed by atoms with Crippen LogP contribution in [0.4, 0.5) is 5.88 Å². The van der Waals surface area contributed by atoms with Gasteiger partial charge in [0.25, 0.3) is 0 Å². The fourth-order valence-electron chi connectivity index (χ4n) is 2.07. The summed E-state index contributed by atoms with van der Waals surface area (Å²) in [5.74, 6) is -0.501.